The van der Waals surface area contributed by atoms with Crippen molar-refractivity contribution in [1.29, 1.82) is 0 Å². The van der Waals surface area contributed by atoms with E-state index in [1.54, 1.807) is 13.0 Å². The summed E-state index contributed by atoms with van der Waals surface area (Å²) in [6.45, 7) is 3.48. The van der Waals surface area contributed by atoms with Crippen LogP contribution in [0.5, 0.6) is 0 Å². The summed E-state index contributed by atoms with van der Waals surface area (Å²) in [7, 11) is 1.80. The third-order valence-electron chi connectivity index (χ3n) is 1.99. The van der Waals surface area contributed by atoms with Crippen LogP contribution in [0.3, 0.4) is 0 Å². The monoisotopic (exact) mass is 206 g/mol. The van der Waals surface area contributed by atoms with Gasteiger partial charge in [-0.25, -0.2) is 8.42 Å². The molecule has 0 N–H and O–H groups in total. The third kappa shape index (κ3) is 1.72. The van der Waals surface area contributed by atoms with Gasteiger partial charge in [-0.05, 0) is 20.3 Å². The second-order valence-electron chi connectivity index (χ2n) is 3.25. The zero-order valence-electron chi connectivity index (χ0n) is 7.04. The van der Waals surface area contributed by atoms with Crippen LogP contribution in [-0.2, 0) is 9.05 Å². The number of halogens is 1. The maximum atomic E-state index is 11.1. The molecule has 12 heavy (non-hydrogen) atoms. The van der Waals surface area contributed by atoms with Crippen LogP contribution in [0.2, 0.25) is 0 Å². The Labute approximate surface area is 77.3 Å². The topological polar surface area (TPSA) is 34.1 Å². The minimum atomic E-state index is -3.51. The molecule has 0 heterocycles. The molecule has 0 aliphatic heterocycles. The smallest absolute Gasteiger partial charge is 0.211 e. The molecule has 0 spiro atoms. The molecule has 0 bridgehead atoms. The van der Waals surface area contributed by atoms with Crippen LogP contribution in [0.25, 0.3) is 0 Å². The average molecular weight is 207 g/mol. The Kier molecular flexibility index (Phi) is 2.36. The molecular weight excluding hydrogens is 196 g/mol. The number of rotatable bonds is 1. The Morgan fingerprint density at radius 2 is 2.17 bits per heavy atom. The Balaban J connectivity index is 3.13. The van der Waals surface area contributed by atoms with Crippen LogP contribution in [-0.4, -0.2) is 13.2 Å². The summed E-state index contributed by atoms with van der Waals surface area (Å²) in [6, 6.07) is 0. The van der Waals surface area contributed by atoms with Crippen molar-refractivity contribution in [2.24, 2.45) is 0 Å². The molecule has 1 unspecified atom stereocenters. The van der Waals surface area contributed by atoms with E-state index in [0.29, 0.717) is 6.42 Å². The average Bonchev–Trinajstić information content (AvgIpc) is 1.83. The quantitative estimate of drug-likeness (QED) is 0.617. The standard InChI is InChI=1S/C8H11ClO2S/c1-7-4-3-5-8(2,6-7)12(9,10)11/h3-4,6H,5H2,1-2H3. The van der Waals surface area contributed by atoms with Gasteiger partial charge in [-0.1, -0.05) is 23.8 Å². The van der Waals surface area contributed by atoms with Crippen LogP contribution in [0.1, 0.15) is 20.3 Å². The first-order valence-electron chi connectivity index (χ1n) is 3.65. The molecule has 0 aromatic carbocycles. The molecule has 2 nitrogen and oxygen atoms in total. The molecule has 1 aliphatic rings. The summed E-state index contributed by atoms with van der Waals surface area (Å²) >= 11 is 0. The van der Waals surface area contributed by atoms with E-state index < -0.39 is 13.8 Å². The molecule has 0 fully saturated rings. The van der Waals surface area contributed by atoms with Gasteiger partial charge in [-0.3, -0.25) is 0 Å². The van der Waals surface area contributed by atoms with Crippen LogP contribution in [0.4, 0.5) is 0 Å². The van der Waals surface area contributed by atoms with Crippen LogP contribution >= 0.6 is 10.7 Å². The molecule has 0 amide bonds. The summed E-state index contributed by atoms with van der Waals surface area (Å²) in [5.41, 5.74) is 0.938. The Morgan fingerprint density at radius 3 is 2.50 bits per heavy atom. The van der Waals surface area contributed by atoms with Crippen molar-refractivity contribution in [3.63, 3.8) is 0 Å². The van der Waals surface area contributed by atoms with E-state index >= 15 is 0 Å². The molecule has 1 rings (SSSR count). The van der Waals surface area contributed by atoms with Crippen molar-refractivity contribution in [3.8, 4) is 0 Å². The molecule has 0 radical (unpaired) electrons. The summed E-state index contributed by atoms with van der Waals surface area (Å²) in [5, 5.41) is 0. The highest BCUT2D eigenvalue weighted by molar-refractivity contribution is 8.14. The molecule has 4 heteroatoms. The summed E-state index contributed by atoms with van der Waals surface area (Å²) in [5.74, 6) is 0. The maximum absolute atomic E-state index is 11.1. The largest absolute Gasteiger partial charge is 0.241 e. The number of hydrogen-bond donors (Lipinski definition) is 0. The van der Waals surface area contributed by atoms with E-state index in [4.69, 9.17) is 10.7 Å². The summed E-state index contributed by atoms with van der Waals surface area (Å²) < 4.78 is 21.4. The normalized spacial score (nSPS) is 30.1. The Morgan fingerprint density at radius 1 is 1.58 bits per heavy atom. The van der Waals surface area contributed by atoms with Crippen LogP contribution < -0.4 is 0 Å². The molecule has 1 atom stereocenters. The highest BCUT2D eigenvalue weighted by Gasteiger charge is 2.35. The van der Waals surface area contributed by atoms with Gasteiger partial charge in [-0.15, -0.1) is 0 Å². The lowest BCUT2D eigenvalue weighted by Gasteiger charge is -2.23. The fourth-order valence-corrected chi connectivity index (χ4v) is 2.18. The van der Waals surface area contributed by atoms with E-state index in [1.807, 2.05) is 19.1 Å². The molecule has 0 aromatic rings. The molecule has 68 valence electrons. The van der Waals surface area contributed by atoms with Crippen molar-refractivity contribution < 1.29 is 8.42 Å². The molecule has 0 saturated heterocycles. The second-order valence-corrected chi connectivity index (χ2v) is 6.27. The van der Waals surface area contributed by atoms with Crippen LogP contribution in [0, 0.1) is 0 Å². The van der Waals surface area contributed by atoms with Crippen molar-refractivity contribution in [3.05, 3.63) is 23.8 Å². The van der Waals surface area contributed by atoms with Gasteiger partial charge in [0.2, 0.25) is 9.05 Å². The fourth-order valence-electron chi connectivity index (χ4n) is 1.24. The van der Waals surface area contributed by atoms with Gasteiger partial charge in [-0.2, -0.15) is 0 Å². The SMILES string of the molecule is CC1=CC(C)(S(=O)(=O)Cl)CC=C1. The number of hydrogen-bond acceptors (Lipinski definition) is 2. The maximum Gasteiger partial charge on any atom is 0.241 e. The lowest BCUT2D eigenvalue weighted by atomic mass is 9.98. The van der Waals surface area contributed by atoms with Gasteiger partial charge in [0.15, 0.2) is 0 Å². The van der Waals surface area contributed by atoms with Gasteiger partial charge >= 0.3 is 0 Å². The first kappa shape index (κ1) is 9.81. The van der Waals surface area contributed by atoms with E-state index in [9.17, 15) is 8.42 Å². The minimum absolute atomic E-state index is 0.455. The minimum Gasteiger partial charge on any atom is -0.211 e. The van der Waals surface area contributed by atoms with E-state index in [0.717, 1.165) is 5.57 Å². The van der Waals surface area contributed by atoms with E-state index in [-0.39, 0.29) is 0 Å². The highest BCUT2D eigenvalue weighted by Crippen LogP contribution is 2.31. The Bertz CT molecular complexity index is 340. The van der Waals surface area contributed by atoms with Crippen LogP contribution in [0.15, 0.2) is 23.8 Å². The zero-order valence-corrected chi connectivity index (χ0v) is 8.61. The highest BCUT2D eigenvalue weighted by atomic mass is 35.7. The third-order valence-corrected chi connectivity index (χ3v) is 4.45. The fraction of sp³-hybridized carbons (Fsp3) is 0.500. The van der Waals surface area contributed by atoms with Crippen molar-refractivity contribution in [2.75, 3.05) is 0 Å². The molecule has 1 aliphatic carbocycles. The van der Waals surface area contributed by atoms with Gasteiger partial charge in [0, 0.05) is 10.7 Å². The van der Waals surface area contributed by atoms with Crippen molar-refractivity contribution in [2.45, 2.75) is 25.0 Å². The van der Waals surface area contributed by atoms with Gasteiger partial charge in [0.1, 0.15) is 4.75 Å². The summed E-state index contributed by atoms with van der Waals surface area (Å²) in [6.07, 6.45) is 5.87. The van der Waals surface area contributed by atoms with Gasteiger partial charge in [0.25, 0.3) is 0 Å². The predicted octanol–water partition coefficient (Wildman–Crippen LogP) is 2.22. The first-order valence-corrected chi connectivity index (χ1v) is 5.96. The predicted molar refractivity (Wildman–Crippen MR) is 50.7 cm³/mol. The van der Waals surface area contributed by atoms with Crippen molar-refractivity contribution in [1.82, 2.24) is 0 Å². The molecule has 0 aromatic heterocycles. The molecule has 0 saturated carbocycles. The lowest BCUT2D eigenvalue weighted by Crippen LogP contribution is -2.30. The lowest BCUT2D eigenvalue weighted by molar-refractivity contribution is 0.577. The van der Waals surface area contributed by atoms with Gasteiger partial charge < -0.3 is 0 Å². The van der Waals surface area contributed by atoms with Gasteiger partial charge in [0.05, 0.1) is 0 Å². The second kappa shape index (κ2) is 2.89. The zero-order chi connectivity index (χ0) is 9.41. The number of allylic oxidation sites excluding steroid dienone is 3. The Hall–Kier alpha value is -0.280. The van der Waals surface area contributed by atoms with E-state index in [2.05, 4.69) is 0 Å². The molecular formula is C8H11ClO2S. The van der Waals surface area contributed by atoms with Crippen molar-refractivity contribution >= 4 is 19.7 Å². The van der Waals surface area contributed by atoms with E-state index in [1.165, 1.54) is 0 Å². The first-order chi connectivity index (χ1) is 5.35. The summed E-state index contributed by atoms with van der Waals surface area (Å²) in [4.78, 5) is 0.